The van der Waals surface area contributed by atoms with E-state index in [4.69, 9.17) is 10.5 Å². The molecule has 1 aliphatic heterocycles. The molecule has 0 amide bonds. The van der Waals surface area contributed by atoms with Crippen LogP contribution in [0.3, 0.4) is 0 Å². The second-order valence-corrected chi connectivity index (χ2v) is 5.24. The SMILES string of the molecule is CCCCOC(=O)CN1CCc2ccccc2C1CN. The van der Waals surface area contributed by atoms with Gasteiger partial charge in [-0.1, -0.05) is 37.6 Å². The second-order valence-electron chi connectivity index (χ2n) is 5.24. The predicted octanol–water partition coefficient (Wildman–Crippen LogP) is 1.89. The van der Waals surface area contributed by atoms with Crippen LogP contribution in [0.5, 0.6) is 0 Å². The van der Waals surface area contributed by atoms with E-state index in [1.54, 1.807) is 0 Å². The molecule has 0 aliphatic carbocycles. The highest BCUT2D eigenvalue weighted by molar-refractivity contribution is 5.71. The van der Waals surface area contributed by atoms with Gasteiger partial charge in [-0.2, -0.15) is 0 Å². The van der Waals surface area contributed by atoms with Gasteiger partial charge in [-0.15, -0.1) is 0 Å². The molecule has 0 spiro atoms. The first-order valence-corrected chi connectivity index (χ1v) is 7.43. The van der Waals surface area contributed by atoms with E-state index in [2.05, 4.69) is 30.0 Å². The summed E-state index contributed by atoms with van der Waals surface area (Å²) in [5, 5.41) is 0. The number of esters is 1. The molecule has 1 unspecified atom stereocenters. The molecule has 1 aliphatic rings. The fourth-order valence-corrected chi connectivity index (χ4v) is 2.71. The second kappa shape index (κ2) is 7.41. The standard InChI is InChI=1S/C16H24N2O2/c1-2-3-10-20-16(19)12-18-9-8-13-6-4-5-7-14(13)15(18)11-17/h4-7,15H,2-3,8-12,17H2,1H3. The van der Waals surface area contributed by atoms with Gasteiger partial charge < -0.3 is 10.5 Å². The Labute approximate surface area is 120 Å². The lowest BCUT2D eigenvalue weighted by atomic mass is 9.92. The average Bonchev–Trinajstić information content (AvgIpc) is 2.47. The van der Waals surface area contributed by atoms with Gasteiger partial charge in [0.25, 0.3) is 0 Å². The van der Waals surface area contributed by atoms with Crippen LogP contribution in [0.1, 0.15) is 36.9 Å². The molecule has 1 aromatic rings. The quantitative estimate of drug-likeness (QED) is 0.637. The third-order valence-corrected chi connectivity index (χ3v) is 3.84. The van der Waals surface area contributed by atoms with E-state index < -0.39 is 0 Å². The molecule has 20 heavy (non-hydrogen) atoms. The van der Waals surface area contributed by atoms with Crippen molar-refractivity contribution in [2.24, 2.45) is 5.73 Å². The third-order valence-electron chi connectivity index (χ3n) is 3.84. The lowest BCUT2D eigenvalue weighted by molar-refractivity contribution is -0.145. The van der Waals surface area contributed by atoms with Gasteiger partial charge in [0.05, 0.1) is 13.2 Å². The van der Waals surface area contributed by atoms with Crippen LogP contribution in [0.4, 0.5) is 0 Å². The van der Waals surface area contributed by atoms with E-state index in [0.29, 0.717) is 19.7 Å². The first-order chi connectivity index (χ1) is 9.76. The van der Waals surface area contributed by atoms with Gasteiger partial charge in [0.15, 0.2) is 0 Å². The molecule has 0 aromatic heterocycles. The summed E-state index contributed by atoms with van der Waals surface area (Å²) < 4.78 is 5.24. The lowest BCUT2D eigenvalue weighted by Gasteiger charge is -2.35. The summed E-state index contributed by atoms with van der Waals surface area (Å²) >= 11 is 0. The highest BCUT2D eigenvalue weighted by atomic mass is 16.5. The molecule has 0 radical (unpaired) electrons. The molecule has 1 aromatic carbocycles. The molecular formula is C16H24N2O2. The minimum Gasteiger partial charge on any atom is -0.465 e. The van der Waals surface area contributed by atoms with E-state index in [1.165, 1.54) is 11.1 Å². The fourth-order valence-electron chi connectivity index (χ4n) is 2.71. The van der Waals surface area contributed by atoms with Crippen LogP contribution in [0.15, 0.2) is 24.3 Å². The molecular weight excluding hydrogens is 252 g/mol. The summed E-state index contributed by atoms with van der Waals surface area (Å²) in [6.07, 6.45) is 2.93. The smallest absolute Gasteiger partial charge is 0.320 e. The van der Waals surface area contributed by atoms with Crippen molar-refractivity contribution in [3.8, 4) is 0 Å². The highest BCUT2D eigenvalue weighted by Crippen LogP contribution is 2.28. The van der Waals surface area contributed by atoms with Gasteiger partial charge in [0.1, 0.15) is 0 Å². The zero-order chi connectivity index (χ0) is 14.4. The van der Waals surface area contributed by atoms with Crippen molar-refractivity contribution < 1.29 is 9.53 Å². The normalized spacial score (nSPS) is 18.6. The van der Waals surface area contributed by atoms with E-state index in [-0.39, 0.29) is 12.0 Å². The molecule has 2 rings (SSSR count). The van der Waals surface area contributed by atoms with Crippen LogP contribution in [0, 0.1) is 0 Å². The maximum atomic E-state index is 11.9. The van der Waals surface area contributed by atoms with E-state index in [9.17, 15) is 4.79 Å². The van der Waals surface area contributed by atoms with Crippen molar-refractivity contribution in [3.05, 3.63) is 35.4 Å². The molecule has 0 bridgehead atoms. The molecule has 1 heterocycles. The van der Waals surface area contributed by atoms with Crippen LogP contribution in [0.2, 0.25) is 0 Å². The zero-order valence-electron chi connectivity index (χ0n) is 12.2. The number of rotatable bonds is 6. The van der Waals surface area contributed by atoms with Crippen molar-refractivity contribution in [3.63, 3.8) is 0 Å². The van der Waals surface area contributed by atoms with E-state index in [1.807, 2.05) is 6.07 Å². The predicted molar refractivity (Wildman–Crippen MR) is 79.4 cm³/mol. The molecule has 2 N–H and O–H groups in total. The number of nitrogens with zero attached hydrogens (tertiary/aromatic N) is 1. The Morgan fingerprint density at radius 2 is 2.25 bits per heavy atom. The number of ether oxygens (including phenoxy) is 1. The maximum Gasteiger partial charge on any atom is 0.320 e. The minimum atomic E-state index is -0.142. The minimum absolute atomic E-state index is 0.124. The number of carbonyl (C=O) groups excluding carboxylic acids is 1. The van der Waals surface area contributed by atoms with Gasteiger partial charge in [0.2, 0.25) is 0 Å². The van der Waals surface area contributed by atoms with Crippen molar-refractivity contribution in [2.75, 3.05) is 26.2 Å². The molecule has 1 atom stereocenters. The summed E-state index contributed by atoms with van der Waals surface area (Å²) in [6.45, 7) is 4.33. The number of hydrogen-bond acceptors (Lipinski definition) is 4. The van der Waals surface area contributed by atoms with E-state index >= 15 is 0 Å². The Kier molecular flexibility index (Phi) is 5.56. The Balaban J connectivity index is 1.97. The summed E-state index contributed by atoms with van der Waals surface area (Å²) in [6, 6.07) is 8.47. The van der Waals surface area contributed by atoms with Gasteiger partial charge >= 0.3 is 5.97 Å². The number of carbonyl (C=O) groups is 1. The lowest BCUT2D eigenvalue weighted by Crippen LogP contribution is -2.42. The van der Waals surface area contributed by atoms with Crippen LogP contribution < -0.4 is 5.73 Å². The number of nitrogens with two attached hydrogens (primary N) is 1. The van der Waals surface area contributed by atoms with Gasteiger partial charge in [-0.3, -0.25) is 9.69 Å². The Morgan fingerprint density at radius 1 is 1.45 bits per heavy atom. The molecule has 4 nitrogen and oxygen atoms in total. The number of hydrogen-bond donors (Lipinski definition) is 1. The Bertz CT molecular complexity index is 448. The Hall–Kier alpha value is -1.39. The maximum absolute atomic E-state index is 11.9. The van der Waals surface area contributed by atoms with Crippen LogP contribution >= 0.6 is 0 Å². The summed E-state index contributed by atoms with van der Waals surface area (Å²) in [5.41, 5.74) is 8.51. The van der Waals surface area contributed by atoms with Crippen molar-refractivity contribution in [1.29, 1.82) is 0 Å². The van der Waals surface area contributed by atoms with E-state index in [0.717, 1.165) is 25.8 Å². The Morgan fingerprint density at radius 3 is 3.00 bits per heavy atom. The van der Waals surface area contributed by atoms with Crippen molar-refractivity contribution in [1.82, 2.24) is 4.90 Å². The highest BCUT2D eigenvalue weighted by Gasteiger charge is 2.27. The van der Waals surface area contributed by atoms with Crippen LogP contribution in [0.25, 0.3) is 0 Å². The van der Waals surface area contributed by atoms with Crippen molar-refractivity contribution in [2.45, 2.75) is 32.2 Å². The van der Waals surface area contributed by atoms with Gasteiger partial charge in [-0.25, -0.2) is 0 Å². The third kappa shape index (κ3) is 3.58. The molecule has 0 saturated heterocycles. The van der Waals surface area contributed by atoms with Gasteiger partial charge in [-0.05, 0) is 24.0 Å². The summed E-state index contributed by atoms with van der Waals surface area (Å²) in [5.74, 6) is -0.142. The first kappa shape index (κ1) is 15.0. The summed E-state index contributed by atoms with van der Waals surface area (Å²) in [4.78, 5) is 14.0. The van der Waals surface area contributed by atoms with Crippen LogP contribution in [-0.2, 0) is 16.0 Å². The first-order valence-electron chi connectivity index (χ1n) is 7.43. The fraction of sp³-hybridized carbons (Fsp3) is 0.562. The number of benzene rings is 1. The molecule has 0 saturated carbocycles. The molecule has 4 heteroatoms. The summed E-state index contributed by atoms with van der Waals surface area (Å²) in [7, 11) is 0. The molecule has 110 valence electrons. The van der Waals surface area contributed by atoms with Crippen LogP contribution in [-0.4, -0.2) is 37.1 Å². The average molecular weight is 276 g/mol. The monoisotopic (exact) mass is 276 g/mol. The topological polar surface area (TPSA) is 55.6 Å². The van der Waals surface area contributed by atoms with Crippen molar-refractivity contribution >= 4 is 5.97 Å². The zero-order valence-corrected chi connectivity index (χ0v) is 12.2. The molecule has 0 fully saturated rings. The number of unbranched alkanes of at least 4 members (excludes halogenated alkanes) is 1. The number of fused-ring (bicyclic) bond motifs is 1. The van der Waals surface area contributed by atoms with Gasteiger partial charge in [0, 0.05) is 19.1 Å². The largest absolute Gasteiger partial charge is 0.465 e.